The van der Waals surface area contributed by atoms with Gasteiger partial charge in [-0.05, 0) is 110 Å². The Labute approximate surface area is 333 Å². The molecular formula is C46H86N2O6. The summed E-state index contributed by atoms with van der Waals surface area (Å²) in [5.74, 6) is -0.295. The molecule has 0 aromatic heterocycles. The van der Waals surface area contributed by atoms with Gasteiger partial charge < -0.3 is 24.8 Å². The van der Waals surface area contributed by atoms with Gasteiger partial charge in [0, 0.05) is 19.3 Å². The minimum Gasteiger partial charge on any atom is -0.462 e. The van der Waals surface area contributed by atoms with E-state index >= 15 is 0 Å². The van der Waals surface area contributed by atoms with Crippen molar-refractivity contribution >= 4 is 17.9 Å². The van der Waals surface area contributed by atoms with Crippen molar-refractivity contribution in [2.45, 2.75) is 213 Å². The maximum Gasteiger partial charge on any atom is 0.306 e. The second-order valence-electron chi connectivity index (χ2n) is 15.3. The van der Waals surface area contributed by atoms with Crippen molar-refractivity contribution in [2.24, 2.45) is 5.73 Å². The second kappa shape index (κ2) is 42.0. The van der Waals surface area contributed by atoms with Gasteiger partial charge in [-0.25, -0.2) is 0 Å². The summed E-state index contributed by atoms with van der Waals surface area (Å²) in [7, 11) is 2.13. The molecule has 0 radical (unpaired) electrons. The van der Waals surface area contributed by atoms with Gasteiger partial charge in [-0.3, -0.25) is 14.4 Å². The zero-order chi connectivity index (χ0) is 39.6. The van der Waals surface area contributed by atoms with E-state index in [9.17, 15) is 14.4 Å². The molecule has 0 bridgehead atoms. The lowest BCUT2D eigenvalue weighted by Crippen LogP contribution is -2.23. The Hall–Kier alpha value is -2.19. The summed E-state index contributed by atoms with van der Waals surface area (Å²) in [6.45, 7) is 7.92. The SMILES string of the molecule is CCCCCCC=CCOC(=O)CCCCCCCC(CCCCCCCC(=O)OCC=CCCCCCC)OC(=O)CCCN(C)CCCCCCN. The Morgan fingerprint density at radius 1 is 0.500 bits per heavy atom. The smallest absolute Gasteiger partial charge is 0.306 e. The predicted octanol–water partition coefficient (Wildman–Crippen LogP) is 11.7. The fourth-order valence-corrected chi connectivity index (χ4v) is 6.51. The van der Waals surface area contributed by atoms with E-state index in [1.165, 1.54) is 70.6 Å². The van der Waals surface area contributed by atoms with E-state index in [-0.39, 0.29) is 24.0 Å². The van der Waals surface area contributed by atoms with Crippen LogP contribution in [0.5, 0.6) is 0 Å². The molecule has 0 atom stereocenters. The molecule has 0 saturated carbocycles. The first-order valence-electron chi connectivity index (χ1n) is 22.6. The Kier molecular flexibility index (Phi) is 40.3. The van der Waals surface area contributed by atoms with Crippen LogP contribution < -0.4 is 5.73 Å². The number of ether oxygens (including phenoxy) is 3. The van der Waals surface area contributed by atoms with Crippen LogP contribution in [0.2, 0.25) is 0 Å². The number of carbonyl (C=O) groups excluding carboxylic acids is 3. The van der Waals surface area contributed by atoms with E-state index in [0.717, 1.165) is 122 Å². The Bertz CT molecular complexity index is 856. The number of carbonyl (C=O) groups is 3. The predicted molar refractivity (Wildman–Crippen MR) is 226 cm³/mol. The van der Waals surface area contributed by atoms with E-state index < -0.39 is 0 Å². The summed E-state index contributed by atoms with van der Waals surface area (Å²) in [5.41, 5.74) is 5.59. The van der Waals surface area contributed by atoms with E-state index in [0.29, 0.717) is 32.5 Å². The van der Waals surface area contributed by atoms with E-state index in [1.54, 1.807) is 0 Å². The second-order valence-corrected chi connectivity index (χ2v) is 15.3. The number of nitrogens with zero attached hydrogens (tertiary/aromatic N) is 1. The average molecular weight is 763 g/mol. The Morgan fingerprint density at radius 2 is 0.926 bits per heavy atom. The molecule has 0 aliphatic heterocycles. The molecule has 316 valence electrons. The lowest BCUT2D eigenvalue weighted by molar-refractivity contribution is -0.150. The summed E-state index contributed by atoms with van der Waals surface area (Å²) < 4.78 is 16.7. The average Bonchev–Trinajstić information content (AvgIpc) is 3.15. The molecule has 54 heavy (non-hydrogen) atoms. The monoisotopic (exact) mass is 763 g/mol. The molecule has 0 aromatic carbocycles. The fourth-order valence-electron chi connectivity index (χ4n) is 6.51. The first-order valence-corrected chi connectivity index (χ1v) is 22.6. The van der Waals surface area contributed by atoms with Crippen LogP contribution in [0.1, 0.15) is 206 Å². The molecule has 8 nitrogen and oxygen atoms in total. The van der Waals surface area contributed by atoms with Crippen LogP contribution in [-0.2, 0) is 28.6 Å². The Balaban J connectivity index is 4.34. The highest BCUT2D eigenvalue weighted by atomic mass is 16.5. The lowest BCUT2D eigenvalue weighted by Gasteiger charge is -2.19. The fraction of sp³-hybridized carbons (Fsp3) is 0.848. The summed E-state index contributed by atoms with van der Waals surface area (Å²) >= 11 is 0. The van der Waals surface area contributed by atoms with Crippen molar-refractivity contribution in [2.75, 3.05) is 39.9 Å². The van der Waals surface area contributed by atoms with Crippen molar-refractivity contribution in [3.8, 4) is 0 Å². The highest BCUT2D eigenvalue weighted by Gasteiger charge is 2.15. The maximum atomic E-state index is 12.8. The molecular weight excluding hydrogens is 677 g/mol. The van der Waals surface area contributed by atoms with Crippen LogP contribution in [0.3, 0.4) is 0 Å². The number of unbranched alkanes of at least 4 members (excludes halogenated alkanes) is 19. The number of allylic oxidation sites excluding steroid dienone is 2. The zero-order valence-corrected chi connectivity index (χ0v) is 35.6. The van der Waals surface area contributed by atoms with Crippen molar-refractivity contribution in [3.63, 3.8) is 0 Å². The summed E-state index contributed by atoms with van der Waals surface area (Å²) in [6.07, 6.45) is 39.0. The molecule has 2 N–H and O–H groups in total. The van der Waals surface area contributed by atoms with E-state index in [4.69, 9.17) is 19.9 Å². The van der Waals surface area contributed by atoms with Gasteiger partial charge in [-0.1, -0.05) is 128 Å². The first-order chi connectivity index (χ1) is 26.4. The highest BCUT2D eigenvalue weighted by molar-refractivity contribution is 5.70. The molecule has 0 heterocycles. The molecule has 0 fully saturated rings. The number of hydrogen-bond acceptors (Lipinski definition) is 8. The van der Waals surface area contributed by atoms with Gasteiger partial charge in [0.1, 0.15) is 19.3 Å². The molecule has 0 saturated heterocycles. The Morgan fingerprint density at radius 3 is 1.44 bits per heavy atom. The van der Waals surface area contributed by atoms with Crippen molar-refractivity contribution in [3.05, 3.63) is 24.3 Å². The minimum absolute atomic E-state index is 0.0397. The van der Waals surface area contributed by atoms with Crippen molar-refractivity contribution in [1.29, 1.82) is 0 Å². The van der Waals surface area contributed by atoms with Crippen LogP contribution in [0, 0.1) is 0 Å². The molecule has 0 aliphatic rings. The molecule has 0 spiro atoms. The third-order valence-corrected chi connectivity index (χ3v) is 9.99. The first kappa shape index (κ1) is 51.8. The number of nitrogens with two attached hydrogens (primary N) is 1. The van der Waals surface area contributed by atoms with E-state index in [1.807, 2.05) is 12.2 Å². The molecule has 0 amide bonds. The number of rotatable bonds is 41. The normalized spacial score (nSPS) is 12.2. The van der Waals surface area contributed by atoms with Gasteiger partial charge in [0.15, 0.2) is 0 Å². The standard InChI is InChI=1S/C46H86N2O6/c1-4-6-8-10-12-22-30-41-52-44(49)35-26-18-14-16-24-33-43(54-46(51)37-32-40-48(3)39-29-21-20-28-38-47)34-25-17-15-19-27-36-45(50)53-42-31-23-13-11-9-7-5-2/h22-23,30-31,43H,4-21,24-29,32-42,47H2,1-3H3. The summed E-state index contributed by atoms with van der Waals surface area (Å²) in [5, 5.41) is 0. The van der Waals surface area contributed by atoms with Gasteiger partial charge in [-0.15, -0.1) is 0 Å². The maximum absolute atomic E-state index is 12.8. The minimum atomic E-state index is -0.109. The number of esters is 3. The van der Waals surface area contributed by atoms with Crippen LogP contribution in [0.4, 0.5) is 0 Å². The van der Waals surface area contributed by atoms with Crippen molar-refractivity contribution < 1.29 is 28.6 Å². The van der Waals surface area contributed by atoms with Crippen molar-refractivity contribution in [1.82, 2.24) is 4.90 Å². The summed E-state index contributed by atoms with van der Waals surface area (Å²) in [6, 6.07) is 0. The quantitative estimate of drug-likeness (QED) is 0.0284. The number of hydrogen-bond donors (Lipinski definition) is 1. The molecule has 0 aliphatic carbocycles. The molecule has 0 unspecified atom stereocenters. The third kappa shape index (κ3) is 39.5. The molecule has 0 aromatic rings. The van der Waals surface area contributed by atoms with Gasteiger partial charge in [0.2, 0.25) is 0 Å². The lowest BCUT2D eigenvalue weighted by atomic mass is 10.0. The zero-order valence-electron chi connectivity index (χ0n) is 35.6. The topological polar surface area (TPSA) is 108 Å². The van der Waals surface area contributed by atoms with Crippen LogP contribution in [0.25, 0.3) is 0 Å². The van der Waals surface area contributed by atoms with Gasteiger partial charge in [0.25, 0.3) is 0 Å². The largest absolute Gasteiger partial charge is 0.462 e. The highest BCUT2D eigenvalue weighted by Crippen LogP contribution is 2.18. The van der Waals surface area contributed by atoms with Gasteiger partial charge in [0.05, 0.1) is 0 Å². The van der Waals surface area contributed by atoms with E-state index in [2.05, 4.69) is 37.9 Å². The van der Waals surface area contributed by atoms with Crippen LogP contribution >= 0.6 is 0 Å². The summed E-state index contributed by atoms with van der Waals surface area (Å²) in [4.78, 5) is 39.3. The van der Waals surface area contributed by atoms with Gasteiger partial charge >= 0.3 is 17.9 Å². The molecule has 0 rings (SSSR count). The van der Waals surface area contributed by atoms with Crippen LogP contribution in [-0.4, -0.2) is 68.8 Å². The molecule has 8 heteroatoms. The van der Waals surface area contributed by atoms with Crippen LogP contribution in [0.15, 0.2) is 24.3 Å². The third-order valence-electron chi connectivity index (χ3n) is 9.99. The van der Waals surface area contributed by atoms with Gasteiger partial charge in [-0.2, -0.15) is 0 Å².